The van der Waals surface area contributed by atoms with E-state index in [-0.39, 0.29) is 5.54 Å². The molecule has 0 atom stereocenters. The molecule has 0 radical (unpaired) electrons. The molecule has 0 bridgehead atoms. The monoisotopic (exact) mass is 332 g/mol. The van der Waals surface area contributed by atoms with Crippen molar-refractivity contribution in [2.75, 3.05) is 6.54 Å². The van der Waals surface area contributed by atoms with Gasteiger partial charge in [0.2, 0.25) is 10.0 Å². The van der Waals surface area contributed by atoms with Crippen molar-refractivity contribution < 1.29 is 8.42 Å². The second kappa shape index (κ2) is 7.72. The maximum atomic E-state index is 12.9. The summed E-state index contributed by atoms with van der Waals surface area (Å²) in [6.45, 7) is 11.4. The zero-order chi connectivity index (χ0) is 16.1. The van der Waals surface area contributed by atoms with Gasteiger partial charge in [-0.15, -0.1) is 11.3 Å². The van der Waals surface area contributed by atoms with E-state index in [1.54, 1.807) is 0 Å². The van der Waals surface area contributed by atoms with E-state index in [0.717, 1.165) is 36.2 Å². The molecule has 0 aliphatic rings. The molecule has 0 aliphatic heterocycles. The minimum Gasteiger partial charge on any atom is -0.312 e. The summed E-state index contributed by atoms with van der Waals surface area (Å²) in [5.41, 5.74) is 0.487. The first-order chi connectivity index (χ1) is 9.85. The van der Waals surface area contributed by atoms with E-state index < -0.39 is 10.0 Å². The highest BCUT2D eigenvalue weighted by Gasteiger charge is 2.32. The summed E-state index contributed by atoms with van der Waals surface area (Å²) in [7, 11) is -3.48. The van der Waals surface area contributed by atoms with E-state index in [0.29, 0.717) is 11.4 Å². The minimum absolute atomic E-state index is 0.345. The molecule has 1 rings (SSSR count). The molecule has 0 aliphatic carbocycles. The highest BCUT2D eigenvalue weighted by atomic mass is 32.2. The van der Waals surface area contributed by atoms with Gasteiger partial charge in [-0.25, -0.2) is 13.1 Å². The van der Waals surface area contributed by atoms with Crippen LogP contribution in [0, 0.1) is 6.92 Å². The summed E-state index contributed by atoms with van der Waals surface area (Å²) in [6.07, 6.45) is 2.39. The smallest absolute Gasteiger partial charge is 0.242 e. The lowest BCUT2D eigenvalue weighted by Crippen LogP contribution is -2.47. The van der Waals surface area contributed by atoms with E-state index in [2.05, 4.69) is 10.0 Å². The number of aryl methyl sites for hydroxylation is 1. The van der Waals surface area contributed by atoms with E-state index in [4.69, 9.17) is 0 Å². The van der Waals surface area contributed by atoms with Crippen LogP contribution in [0.25, 0.3) is 0 Å². The van der Waals surface area contributed by atoms with E-state index in [1.165, 1.54) is 11.3 Å². The predicted molar refractivity (Wildman–Crippen MR) is 90.4 cm³/mol. The second-order valence-electron chi connectivity index (χ2n) is 5.40. The van der Waals surface area contributed by atoms with Gasteiger partial charge in [-0.05, 0) is 43.7 Å². The molecule has 1 aromatic rings. The van der Waals surface area contributed by atoms with E-state index in [1.807, 2.05) is 40.0 Å². The summed E-state index contributed by atoms with van der Waals surface area (Å²) in [6, 6.07) is 0. The molecule has 0 amide bonds. The third kappa shape index (κ3) is 4.28. The van der Waals surface area contributed by atoms with Gasteiger partial charge in [-0.1, -0.05) is 27.7 Å². The lowest BCUT2D eigenvalue weighted by atomic mass is 9.91. The molecule has 4 nitrogen and oxygen atoms in total. The fourth-order valence-electron chi connectivity index (χ4n) is 2.51. The molecular weight excluding hydrogens is 304 g/mol. The fraction of sp³-hybridized carbons (Fsp3) is 0.733. The minimum atomic E-state index is -3.48. The van der Waals surface area contributed by atoms with Gasteiger partial charge >= 0.3 is 0 Å². The lowest BCUT2D eigenvalue weighted by Gasteiger charge is -2.31. The molecule has 0 aromatic carbocycles. The van der Waals surface area contributed by atoms with Crippen LogP contribution in [0.1, 0.15) is 57.4 Å². The molecule has 0 fully saturated rings. The number of thiophene rings is 1. The van der Waals surface area contributed by atoms with Crippen LogP contribution in [-0.4, -0.2) is 20.5 Å². The van der Waals surface area contributed by atoms with Crippen molar-refractivity contribution in [1.29, 1.82) is 0 Å². The predicted octanol–water partition coefficient (Wildman–Crippen LogP) is 3.41. The Hall–Kier alpha value is -0.430. The molecule has 21 heavy (non-hydrogen) atoms. The first kappa shape index (κ1) is 18.6. The van der Waals surface area contributed by atoms with Crippen LogP contribution in [0.3, 0.4) is 0 Å². The van der Waals surface area contributed by atoms with Crippen molar-refractivity contribution in [3.05, 3.63) is 15.8 Å². The maximum Gasteiger partial charge on any atom is 0.242 e. The summed E-state index contributed by atoms with van der Waals surface area (Å²) in [5.74, 6) is 0. The highest BCUT2D eigenvalue weighted by molar-refractivity contribution is 7.89. The van der Waals surface area contributed by atoms with Crippen LogP contribution in [-0.2, 0) is 16.6 Å². The van der Waals surface area contributed by atoms with Gasteiger partial charge < -0.3 is 5.32 Å². The van der Waals surface area contributed by atoms with Gasteiger partial charge in [-0.3, -0.25) is 0 Å². The maximum absolute atomic E-state index is 12.9. The third-order valence-electron chi connectivity index (χ3n) is 4.17. The average Bonchev–Trinajstić information content (AvgIpc) is 2.84. The number of sulfonamides is 1. The Morgan fingerprint density at radius 3 is 2.19 bits per heavy atom. The molecule has 0 saturated carbocycles. The fourth-order valence-corrected chi connectivity index (χ4v) is 5.91. The first-order valence-corrected chi connectivity index (χ1v) is 10.0. The van der Waals surface area contributed by atoms with Gasteiger partial charge in [0.1, 0.15) is 4.90 Å². The Labute approximate surface area is 133 Å². The normalized spacial score (nSPS) is 12.8. The molecule has 0 unspecified atom stereocenters. The SMILES string of the molecule is CCNCc1scc(C)c1S(=O)(=O)NC(CC)(CC)CC. The highest BCUT2D eigenvalue weighted by Crippen LogP contribution is 2.30. The molecule has 122 valence electrons. The van der Waals surface area contributed by atoms with Crippen LogP contribution in [0.15, 0.2) is 10.3 Å². The van der Waals surface area contributed by atoms with Crippen molar-refractivity contribution in [1.82, 2.24) is 10.0 Å². The zero-order valence-corrected chi connectivity index (χ0v) is 15.4. The van der Waals surface area contributed by atoms with Gasteiger partial charge in [0.05, 0.1) is 0 Å². The van der Waals surface area contributed by atoms with Gasteiger partial charge in [0.15, 0.2) is 0 Å². The van der Waals surface area contributed by atoms with Crippen molar-refractivity contribution in [3.8, 4) is 0 Å². The Kier molecular flexibility index (Phi) is 6.84. The molecule has 6 heteroatoms. The largest absolute Gasteiger partial charge is 0.312 e. The van der Waals surface area contributed by atoms with Gasteiger partial charge in [0.25, 0.3) is 0 Å². The molecule has 0 spiro atoms. The summed E-state index contributed by atoms with van der Waals surface area (Å²) < 4.78 is 28.7. The standard InChI is InChI=1S/C15H28N2O2S2/c1-6-15(7-2,8-3)17-21(18,19)14-12(5)11-20-13(14)10-16-9-4/h11,16-17H,6-10H2,1-5H3. The zero-order valence-electron chi connectivity index (χ0n) is 13.7. The number of rotatable bonds is 9. The van der Waals surface area contributed by atoms with Crippen LogP contribution >= 0.6 is 11.3 Å². The summed E-state index contributed by atoms with van der Waals surface area (Å²) in [4.78, 5) is 1.35. The number of nitrogens with one attached hydrogen (secondary N) is 2. The molecule has 0 saturated heterocycles. The number of hydrogen-bond donors (Lipinski definition) is 2. The van der Waals surface area contributed by atoms with Crippen molar-refractivity contribution in [2.24, 2.45) is 0 Å². The summed E-state index contributed by atoms with van der Waals surface area (Å²) in [5, 5.41) is 5.14. The van der Waals surface area contributed by atoms with Gasteiger partial charge in [0, 0.05) is 17.0 Å². The second-order valence-corrected chi connectivity index (χ2v) is 7.98. The van der Waals surface area contributed by atoms with E-state index in [9.17, 15) is 8.42 Å². The first-order valence-electron chi connectivity index (χ1n) is 7.67. The van der Waals surface area contributed by atoms with Crippen LogP contribution in [0.2, 0.25) is 0 Å². The topological polar surface area (TPSA) is 58.2 Å². The molecule has 1 heterocycles. The van der Waals surface area contributed by atoms with E-state index >= 15 is 0 Å². The van der Waals surface area contributed by atoms with Crippen LogP contribution in [0.5, 0.6) is 0 Å². The Bertz CT molecular complexity index is 538. The van der Waals surface area contributed by atoms with Crippen LogP contribution < -0.4 is 10.0 Å². The summed E-state index contributed by atoms with van der Waals surface area (Å²) >= 11 is 1.51. The molecule has 1 aromatic heterocycles. The quantitative estimate of drug-likeness (QED) is 0.728. The molecule has 2 N–H and O–H groups in total. The Balaban J connectivity index is 3.16. The van der Waals surface area contributed by atoms with Crippen molar-refractivity contribution in [2.45, 2.75) is 70.9 Å². The van der Waals surface area contributed by atoms with Gasteiger partial charge in [-0.2, -0.15) is 0 Å². The average molecular weight is 333 g/mol. The van der Waals surface area contributed by atoms with Crippen LogP contribution in [0.4, 0.5) is 0 Å². The Morgan fingerprint density at radius 2 is 1.71 bits per heavy atom. The molecular formula is C15H28N2O2S2. The van der Waals surface area contributed by atoms with Crippen molar-refractivity contribution in [3.63, 3.8) is 0 Å². The Morgan fingerprint density at radius 1 is 1.14 bits per heavy atom. The van der Waals surface area contributed by atoms with Crippen molar-refractivity contribution >= 4 is 21.4 Å². The lowest BCUT2D eigenvalue weighted by molar-refractivity contribution is 0.341. The number of hydrogen-bond acceptors (Lipinski definition) is 4. The third-order valence-corrected chi connectivity index (χ3v) is 7.22.